The van der Waals surface area contributed by atoms with Crippen molar-refractivity contribution < 1.29 is 9.47 Å². The van der Waals surface area contributed by atoms with E-state index in [4.69, 9.17) is 54.2 Å². The van der Waals surface area contributed by atoms with Gasteiger partial charge in [0.2, 0.25) is 0 Å². The number of benzene rings is 1. The third-order valence-corrected chi connectivity index (χ3v) is 8.04. The minimum absolute atomic E-state index is 0.305. The van der Waals surface area contributed by atoms with E-state index in [1.165, 1.54) is 12.8 Å². The predicted octanol–water partition coefficient (Wildman–Crippen LogP) is 7.67. The average molecular weight is 599 g/mol. The number of ether oxygens (including phenoxy) is 2. The molecule has 218 valence electrons. The van der Waals surface area contributed by atoms with Gasteiger partial charge in [-0.2, -0.15) is 0 Å². The number of hydrogen-bond donors (Lipinski definition) is 0. The Labute approximate surface area is 250 Å². The molecule has 2 aliphatic rings. The van der Waals surface area contributed by atoms with Crippen LogP contribution in [-0.4, -0.2) is 49.3 Å². The Bertz CT molecular complexity index is 1190. The number of hydrogen-bond acceptors (Lipinski definition) is 5. The monoisotopic (exact) mass is 597 g/mol. The lowest BCUT2D eigenvalue weighted by molar-refractivity contribution is -0.000520. The van der Waals surface area contributed by atoms with E-state index in [1.807, 2.05) is 32.1 Å². The van der Waals surface area contributed by atoms with Crippen molar-refractivity contribution in [1.29, 1.82) is 0 Å². The van der Waals surface area contributed by atoms with Crippen molar-refractivity contribution in [1.82, 2.24) is 9.97 Å². The smallest absolute Gasteiger partial charge is 0.165 e. The molecule has 39 heavy (non-hydrogen) atoms. The lowest BCUT2D eigenvalue weighted by atomic mass is 9.73. The molecule has 0 aliphatic carbocycles. The molecule has 4 rings (SSSR count). The first-order chi connectivity index (χ1) is 18.6. The van der Waals surface area contributed by atoms with Gasteiger partial charge in [-0.25, -0.2) is 9.97 Å². The molecule has 1 spiro atoms. The molecule has 0 radical (unpaired) electrons. The number of rotatable bonds is 5. The van der Waals surface area contributed by atoms with E-state index in [0.717, 1.165) is 67.0 Å². The summed E-state index contributed by atoms with van der Waals surface area (Å²) in [6.07, 6.45) is 8.64. The van der Waals surface area contributed by atoms with E-state index in [-0.39, 0.29) is 0 Å². The maximum Gasteiger partial charge on any atom is 0.165 e. The van der Waals surface area contributed by atoms with Gasteiger partial charge in [0.25, 0.3) is 0 Å². The molecular weight excluding hydrogens is 553 g/mol. The van der Waals surface area contributed by atoms with Crippen LogP contribution in [0, 0.1) is 18.3 Å². The Balaban J connectivity index is 0.000000590. The number of alkyl halides is 1. The van der Waals surface area contributed by atoms with Crippen molar-refractivity contribution in [2.45, 2.75) is 74.1 Å². The van der Waals surface area contributed by atoms with Crippen LogP contribution in [0.5, 0.6) is 5.75 Å². The van der Waals surface area contributed by atoms with Crippen molar-refractivity contribution in [3.8, 4) is 17.1 Å². The zero-order chi connectivity index (χ0) is 29.2. The molecule has 0 N–H and O–H groups in total. The number of halogens is 3. The molecule has 0 unspecified atom stereocenters. The SMILES string of the molecule is C/C=c1/nc(-c2c(Cl)c(C)cc(OC)c2Cl)nc(N2CC3(CCOCC3)C2)/c1=C/CCl.CCC.CCC(C)C. The zero-order valence-corrected chi connectivity index (χ0v) is 27.2. The van der Waals surface area contributed by atoms with Crippen molar-refractivity contribution in [2.75, 3.05) is 44.2 Å². The van der Waals surface area contributed by atoms with Gasteiger partial charge in [-0.1, -0.05) is 82.8 Å². The van der Waals surface area contributed by atoms with Gasteiger partial charge in [0.1, 0.15) is 11.6 Å². The Kier molecular flexibility index (Phi) is 13.9. The lowest BCUT2D eigenvalue weighted by Crippen LogP contribution is -2.60. The van der Waals surface area contributed by atoms with Gasteiger partial charge < -0.3 is 14.4 Å². The minimum Gasteiger partial charge on any atom is -0.495 e. The Morgan fingerprint density at radius 3 is 2.18 bits per heavy atom. The van der Waals surface area contributed by atoms with Crippen molar-refractivity contribution >= 4 is 52.8 Å². The van der Waals surface area contributed by atoms with Gasteiger partial charge in [0.05, 0.1) is 28.1 Å². The lowest BCUT2D eigenvalue weighted by Gasteiger charge is -2.52. The molecular formula is C31H46Cl3N3O2. The molecule has 0 atom stereocenters. The first-order valence-corrected chi connectivity index (χ1v) is 15.4. The molecule has 2 saturated heterocycles. The normalized spacial score (nSPS) is 16.9. The summed E-state index contributed by atoms with van der Waals surface area (Å²) in [5, 5.41) is 2.68. The van der Waals surface area contributed by atoms with Gasteiger partial charge in [0, 0.05) is 42.8 Å². The second kappa shape index (κ2) is 16.0. The largest absolute Gasteiger partial charge is 0.495 e. The molecule has 3 heterocycles. The summed E-state index contributed by atoms with van der Waals surface area (Å²) < 4.78 is 11.0. The van der Waals surface area contributed by atoms with Crippen LogP contribution >= 0.6 is 34.8 Å². The van der Waals surface area contributed by atoms with E-state index < -0.39 is 0 Å². The number of nitrogens with zero attached hydrogens (tertiary/aromatic N) is 3. The zero-order valence-electron chi connectivity index (χ0n) is 25.0. The molecule has 5 nitrogen and oxygen atoms in total. The second-order valence-corrected chi connectivity index (χ2v) is 11.8. The van der Waals surface area contributed by atoms with Crippen LogP contribution in [0.2, 0.25) is 10.0 Å². The number of aromatic nitrogens is 2. The van der Waals surface area contributed by atoms with Crippen LogP contribution in [0.3, 0.4) is 0 Å². The van der Waals surface area contributed by atoms with Gasteiger partial charge >= 0.3 is 0 Å². The summed E-state index contributed by atoms with van der Waals surface area (Å²) in [5.41, 5.74) is 1.74. The van der Waals surface area contributed by atoms with E-state index in [0.29, 0.717) is 38.5 Å². The van der Waals surface area contributed by atoms with Crippen LogP contribution in [0.4, 0.5) is 5.82 Å². The van der Waals surface area contributed by atoms with Crippen LogP contribution in [0.1, 0.15) is 72.8 Å². The number of anilines is 1. The highest BCUT2D eigenvalue weighted by molar-refractivity contribution is 6.40. The van der Waals surface area contributed by atoms with Crippen LogP contribution in [0.25, 0.3) is 23.5 Å². The molecule has 8 heteroatoms. The Morgan fingerprint density at radius 1 is 1.10 bits per heavy atom. The van der Waals surface area contributed by atoms with Gasteiger partial charge in [-0.15, -0.1) is 11.6 Å². The number of aryl methyl sites for hydroxylation is 1. The van der Waals surface area contributed by atoms with Crippen LogP contribution in [0.15, 0.2) is 6.07 Å². The molecule has 0 saturated carbocycles. The summed E-state index contributed by atoms with van der Waals surface area (Å²) in [5.74, 6) is 3.16. The van der Waals surface area contributed by atoms with Crippen molar-refractivity contribution in [3.05, 3.63) is 32.2 Å². The third kappa shape index (κ3) is 8.48. The molecule has 2 aliphatic heterocycles. The highest BCUT2D eigenvalue weighted by Crippen LogP contribution is 2.43. The summed E-state index contributed by atoms with van der Waals surface area (Å²) in [6, 6.07) is 1.82. The van der Waals surface area contributed by atoms with E-state index in [2.05, 4.69) is 39.5 Å². The minimum atomic E-state index is 0.305. The molecule has 2 aromatic rings. The van der Waals surface area contributed by atoms with E-state index in [9.17, 15) is 0 Å². The highest BCUT2D eigenvalue weighted by atomic mass is 35.5. The quantitative estimate of drug-likeness (QED) is 0.331. The van der Waals surface area contributed by atoms with Crippen molar-refractivity contribution in [2.24, 2.45) is 11.3 Å². The van der Waals surface area contributed by atoms with Gasteiger partial charge in [0.15, 0.2) is 5.82 Å². The topological polar surface area (TPSA) is 47.5 Å². The van der Waals surface area contributed by atoms with Crippen LogP contribution < -0.4 is 20.2 Å². The second-order valence-electron chi connectivity index (χ2n) is 10.7. The molecule has 1 aromatic heterocycles. The highest BCUT2D eigenvalue weighted by Gasteiger charge is 2.44. The first-order valence-electron chi connectivity index (χ1n) is 14.1. The van der Waals surface area contributed by atoms with E-state index >= 15 is 0 Å². The molecule has 2 fully saturated rings. The Morgan fingerprint density at radius 2 is 1.69 bits per heavy atom. The molecule has 0 bridgehead atoms. The summed E-state index contributed by atoms with van der Waals surface area (Å²) in [7, 11) is 1.59. The van der Waals surface area contributed by atoms with Gasteiger partial charge in [-0.3, -0.25) is 0 Å². The standard InChI is InChI=1S/C23H26Cl3N3O2.C5H12.C3H8/c1-4-16-15(5-8-24)22(29-12-23(13-29)6-9-31-10-7-23)28-21(27-16)18-19(25)14(2)11-17(30-3)20(18)26;1-4-5(2)3;1-3-2/h4-5,11H,6-10,12-13H2,1-3H3;5H,4H2,1-3H3;3H2,1-2H3/b15-5+,16-4+;;. The fraction of sp³-hybridized carbons (Fsp3) is 0.613. The third-order valence-electron chi connectivity index (χ3n) is 7.02. The predicted molar refractivity (Wildman–Crippen MR) is 169 cm³/mol. The summed E-state index contributed by atoms with van der Waals surface area (Å²) in [6.45, 7) is 18.3. The summed E-state index contributed by atoms with van der Waals surface area (Å²) in [4.78, 5) is 12.1. The average Bonchev–Trinajstić information content (AvgIpc) is 2.91. The fourth-order valence-electron chi connectivity index (χ4n) is 4.44. The number of methoxy groups -OCH3 is 1. The maximum atomic E-state index is 6.67. The fourth-order valence-corrected chi connectivity index (χ4v) is 5.19. The molecule has 0 amide bonds. The molecule has 1 aromatic carbocycles. The van der Waals surface area contributed by atoms with Crippen molar-refractivity contribution in [3.63, 3.8) is 0 Å². The first kappa shape index (κ1) is 33.7. The van der Waals surface area contributed by atoms with Crippen LogP contribution in [-0.2, 0) is 4.74 Å². The van der Waals surface area contributed by atoms with Gasteiger partial charge in [-0.05, 0) is 44.2 Å². The summed E-state index contributed by atoms with van der Waals surface area (Å²) >= 11 is 19.4. The van der Waals surface area contributed by atoms with E-state index in [1.54, 1.807) is 7.11 Å². The Hall–Kier alpha value is -1.53. The maximum absolute atomic E-state index is 6.67.